The fraction of sp³-hybridized carbons (Fsp3) is 0.312. The van der Waals surface area contributed by atoms with E-state index in [1.165, 1.54) is 5.56 Å². The molecule has 0 spiro atoms. The molecule has 20 heavy (non-hydrogen) atoms. The van der Waals surface area contributed by atoms with Gasteiger partial charge < -0.3 is 15.2 Å². The Hall–Kier alpha value is -2.23. The molecule has 106 valence electrons. The number of rotatable bonds is 4. The summed E-state index contributed by atoms with van der Waals surface area (Å²) in [6.07, 6.45) is 0. The first-order valence-corrected chi connectivity index (χ1v) is 6.61. The number of aryl methyl sites for hydroxylation is 1. The highest BCUT2D eigenvalue weighted by Crippen LogP contribution is 2.24. The molecule has 1 aromatic carbocycles. The van der Waals surface area contributed by atoms with Crippen LogP contribution in [0.1, 0.15) is 32.1 Å². The topological polar surface area (TPSA) is 50.1 Å². The van der Waals surface area contributed by atoms with Crippen molar-refractivity contribution >= 4 is 11.5 Å². The average molecular weight is 271 g/mol. The quantitative estimate of drug-likeness (QED) is 0.871. The fourth-order valence-corrected chi connectivity index (χ4v) is 1.68. The summed E-state index contributed by atoms with van der Waals surface area (Å²) in [4.78, 5) is 0. The summed E-state index contributed by atoms with van der Waals surface area (Å²) < 4.78 is 5.31. The second kappa shape index (κ2) is 5.41. The van der Waals surface area contributed by atoms with E-state index in [2.05, 4.69) is 50.1 Å². The Morgan fingerprint density at radius 2 is 1.80 bits per heavy atom. The number of hydrogen-bond donors (Lipinski definition) is 2. The third-order valence-electron chi connectivity index (χ3n) is 2.88. The van der Waals surface area contributed by atoms with Crippen molar-refractivity contribution in [2.24, 2.45) is 0 Å². The Labute approximate surface area is 119 Å². The van der Waals surface area contributed by atoms with Crippen molar-refractivity contribution in [3.63, 3.8) is 0 Å². The zero-order valence-corrected chi connectivity index (χ0v) is 12.4. The highest BCUT2D eigenvalue weighted by molar-refractivity contribution is 5.53. The maximum atomic E-state index is 5.31. The van der Waals surface area contributed by atoms with Crippen LogP contribution in [0.5, 0.6) is 0 Å². The Morgan fingerprint density at radius 1 is 1.15 bits per heavy atom. The summed E-state index contributed by atoms with van der Waals surface area (Å²) >= 11 is 0. The van der Waals surface area contributed by atoms with Gasteiger partial charge in [0.15, 0.2) is 5.82 Å². The lowest BCUT2D eigenvalue weighted by Crippen LogP contribution is -2.10. The molecule has 0 atom stereocenters. The van der Waals surface area contributed by atoms with Crippen molar-refractivity contribution in [3.8, 4) is 0 Å². The minimum absolute atomic E-state index is 0.0569. The molecule has 0 unspecified atom stereocenters. The van der Waals surface area contributed by atoms with Gasteiger partial charge in [0.1, 0.15) is 11.6 Å². The summed E-state index contributed by atoms with van der Waals surface area (Å²) in [5, 5.41) is 10.3. The molecule has 0 aliphatic heterocycles. The molecule has 0 saturated heterocycles. The number of nitrogens with zero attached hydrogens (tertiary/aromatic N) is 1. The van der Waals surface area contributed by atoms with Crippen LogP contribution in [-0.2, 0) is 5.41 Å². The largest absolute Gasteiger partial charge is 0.359 e. The second-order valence-electron chi connectivity index (χ2n) is 5.92. The molecular weight excluding hydrogens is 250 g/mol. The van der Waals surface area contributed by atoms with Crippen LogP contribution >= 0.6 is 0 Å². The Bertz CT molecular complexity index is 591. The van der Waals surface area contributed by atoms with Crippen molar-refractivity contribution in [3.05, 3.63) is 54.1 Å². The SMILES string of the molecule is C=C(Nc1ccc(C)cc1)Nc1cc(C(C)(C)C)on1. The third kappa shape index (κ3) is 3.63. The molecule has 0 fully saturated rings. The van der Waals surface area contributed by atoms with Crippen molar-refractivity contribution in [2.75, 3.05) is 10.6 Å². The summed E-state index contributed by atoms with van der Waals surface area (Å²) in [7, 11) is 0. The van der Waals surface area contributed by atoms with Gasteiger partial charge in [-0.05, 0) is 19.1 Å². The van der Waals surface area contributed by atoms with Crippen LogP contribution in [0.4, 0.5) is 11.5 Å². The minimum Gasteiger partial charge on any atom is -0.359 e. The second-order valence-corrected chi connectivity index (χ2v) is 5.92. The molecule has 0 aliphatic rings. The standard InChI is InChI=1S/C16H21N3O/c1-11-6-8-13(9-7-11)17-12(2)18-15-10-14(20-19-15)16(3,4)5/h6-10,17H,2H2,1,3-5H3,(H,18,19). The molecule has 0 saturated carbocycles. The van der Waals surface area contributed by atoms with Gasteiger partial charge in [-0.2, -0.15) is 0 Å². The van der Waals surface area contributed by atoms with Crippen molar-refractivity contribution in [1.82, 2.24) is 5.16 Å². The van der Waals surface area contributed by atoms with Crippen LogP contribution in [0.15, 0.2) is 47.3 Å². The fourth-order valence-electron chi connectivity index (χ4n) is 1.68. The maximum Gasteiger partial charge on any atom is 0.175 e. The molecule has 1 heterocycles. The first-order chi connectivity index (χ1) is 9.34. The summed E-state index contributed by atoms with van der Waals surface area (Å²) in [5.74, 6) is 2.14. The monoisotopic (exact) mass is 271 g/mol. The van der Waals surface area contributed by atoms with Crippen LogP contribution in [-0.4, -0.2) is 5.16 Å². The Morgan fingerprint density at radius 3 is 2.35 bits per heavy atom. The van der Waals surface area contributed by atoms with E-state index < -0.39 is 0 Å². The van der Waals surface area contributed by atoms with Crippen molar-refractivity contribution in [1.29, 1.82) is 0 Å². The number of hydrogen-bond acceptors (Lipinski definition) is 4. The molecule has 2 N–H and O–H groups in total. The van der Waals surface area contributed by atoms with E-state index >= 15 is 0 Å². The first kappa shape index (κ1) is 14.2. The van der Waals surface area contributed by atoms with Gasteiger partial charge >= 0.3 is 0 Å². The van der Waals surface area contributed by atoms with E-state index in [-0.39, 0.29) is 5.41 Å². The normalized spacial score (nSPS) is 11.2. The van der Waals surface area contributed by atoms with Gasteiger partial charge in [0.2, 0.25) is 0 Å². The van der Waals surface area contributed by atoms with E-state index in [0.29, 0.717) is 11.6 Å². The van der Waals surface area contributed by atoms with Crippen molar-refractivity contribution < 1.29 is 4.52 Å². The Balaban J connectivity index is 1.98. The highest BCUT2D eigenvalue weighted by Gasteiger charge is 2.19. The van der Waals surface area contributed by atoms with Gasteiger partial charge in [-0.25, -0.2) is 0 Å². The van der Waals surface area contributed by atoms with E-state index in [0.717, 1.165) is 11.4 Å². The molecule has 1 aromatic heterocycles. The zero-order chi connectivity index (χ0) is 14.8. The van der Waals surface area contributed by atoms with Gasteiger partial charge in [-0.15, -0.1) is 0 Å². The molecule has 2 rings (SSSR count). The number of benzene rings is 1. The van der Waals surface area contributed by atoms with Crippen molar-refractivity contribution in [2.45, 2.75) is 33.1 Å². The van der Waals surface area contributed by atoms with Gasteiger partial charge in [-0.1, -0.05) is 50.2 Å². The van der Waals surface area contributed by atoms with Gasteiger partial charge in [0.05, 0.1) is 0 Å². The molecule has 0 radical (unpaired) electrons. The van der Waals surface area contributed by atoms with E-state index in [9.17, 15) is 0 Å². The predicted octanol–water partition coefficient (Wildman–Crippen LogP) is 4.28. The van der Waals surface area contributed by atoms with Crippen LogP contribution < -0.4 is 10.6 Å². The lowest BCUT2D eigenvalue weighted by Gasteiger charge is -2.12. The van der Waals surface area contributed by atoms with Gasteiger partial charge in [0, 0.05) is 17.2 Å². The molecule has 0 bridgehead atoms. The van der Waals surface area contributed by atoms with E-state index in [4.69, 9.17) is 4.52 Å². The summed E-state index contributed by atoms with van der Waals surface area (Å²) in [6, 6.07) is 9.99. The molecule has 0 amide bonds. The molecule has 4 nitrogen and oxygen atoms in total. The number of aromatic nitrogens is 1. The molecule has 2 aromatic rings. The van der Waals surface area contributed by atoms with Crippen LogP contribution in [0.2, 0.25) is 0 Å². The number of anilines is 2. The minimum atomic E-state index is -0.0569. The highest BCUT2D eigenvalue weighted by atomic mass is 16.5. The van der Waals surface area contributed by atoms with Gasteiger partial charge in [-0.3, -0.25) is 0 Å². The maximum absolute atomic E-state index is 5.31. The van der Waals surface area contributed by atoms with Crippen LogP contribution in [0.25, 0.3) is 0 Å². The number of nitrogens with one attached hydrogen (secondary N) is 2. The third-order valence-corrected chi connectivity index (χ3v) is 2.88. The molecular formula is C16H21N3O. The Kier molecular flexibility index (Phi) is 3.84. The molecule has 4 heteroatoms. The lowest BCUT2D eigenvalue weighted by molar-refractivity contribution is 0.331. The lowest BCUT2D eigenvalue weighted by atomic mass is 9.93. The first-order valence-electron chi connectivity index (χ1n) is 6.61. The average Bonchev–Trinajstić information content (AvgIpc) is 2.80. The van der Waals surface area contributed by atoms with E-state index in [1.807, 2.05) is 30.3 Å². The summed E-state index contributed by atoms with van der Waals surface area (Å²) in [6.45, 7) is 12.2. The predicted molar refractivity (Wildman–Crippen MR) is 82.8 cm³/mol. The summed E-state index contributed by atoms with van der Waals surface area (Å²) in [5.41, 5.74) is 2.15. The van der Waals surface area contributed by atoms with E-state index in [1.54, 1.807) is 0 Å². The van der Waals surface area contributed by atoms with Gasteiger partial charge in [0.25, 0.3) is 0 Å². The van der Waals surface area contributed by atoms with Crippen LogP contribution in [0, 0.1) is 6.92 Å². The van der Waals surface area contributed by atoms with Crippen LogP contribution in [0.3, 0.4) is 0 Å². The smallest absolute Gasteiger partial charge is 0.175 e. The zero-order valence-electron chi connectivity index (χ0n) is 12.4. The molecule has 0 aliphatic carbocycles.